The van der Waals surface area contributed by atoms with Crippen LogP contribution in [-0.2, 0) is 4.79 Å². The van der Waals surface area contributed by atoms with E-state index in [0.29, 0.717) is 29.8 Å². The number of hydrogen-bond acceptors (Lipinski definition) is 5. The maximum atomic E-state index is 13.5. The number of carbonyl (C=O) groups excluding carboxylic acids is 1. The zero-order chi connectivity index (χ0) is 21.6. The number of rotatable bonds is 2. The average molecular weight is 399 g/mol. The van der Waals surface area contributed by atoms with Crippen LogP contribution in [0, 0.1) is 30.6 Å². The van der Waals surface area contributed by atoms with Crippen molar-refractivity contribution in [2.75, 3.05) is 4.90 Å². The fourth-order valence-corrected chi connectivity index (χ4v) is 4.67. The molecule has 0 bridgehead atoms. The Kier molecular flexibility index (Phi) is 4.74. The molecule has 1 aliphatic heterocycles. The summed E-state index contributed by atoms with van der Waals surface area (Å²) in [6.07, 6.45) is 4.57. The van der Waals surface area contributed by atoms with Crippen LogP contribution in [0.4, 0.5) is 5.69 Å². The Bertz CT molecular complexity index is 1140. The number of hydrogen-bond donors (Lipinski definition) is 1. The highest BCUT2D eigenvalue weighted by atomic mass is 16.1. The van der Waals surface area contributed by atoms with Crippen molar-refractivity contribution < 1.29 is 4.79 Å². The number of nitriles is 1. The zero-order valence-electron chi connectivity index (χ0n) is 17.9. The molecule has 0 amide bonds. The Balaban J connectivity index is 2.04. The van der Waals surface area contributed by atoms with Gasteiger partial charge in [0.2, 0.25) is 0 Å². The van der Waals surface area contributed by atoms with E-state index in [9.17, 15) is 10.1 Å². The van der Waals surface area contributed by atoms with E-state index < -0.39 is 5.92 Å². The minimum Gasteiger partial charge on any atom is -0.384 e. The summed E-state index contributed by atoms with van der Waals surface area (Å²) in [5.41, 5.74) is 12.3. The molecule has 0 saturated carbocycles. The van der Waals surface area contributed by atoms with E-state index in [4.69, 9.17) is 5.73 Å². The Morgan fingerprint density at radius 1 is 1.23 bits per heavy atom. The molecular weight excluding hydrogens is 372 g/mol. The average Bonchev–Trinajstić information content (AvgIpc) is 2.69. The first kappa shape index (κ1) is 19.9. The second-order valence-corrected chi connectivity index (χ2v) is 9.05. The largest absolute Gasteiger partial charge is 0.384 e. The molecule has 0 saturated heterocycles. The van der Waals surface area contributed by atoms with Gasteiger partial charge in [-0.3, -0.25) is 14.7 Å². The van der Waals surface area contributed by atoms with Gasteiger partial charge >= 0.3 is 0 Å². The topological polar surface area (TPSA) is 83.0 Å². The summed E-state index contributed by atoms with van der Waals surface area (Å²) >= 11 is 0. The zero-order valence-corrected chi connectivity index (χ0v) is 17.9. The molecule has 2 N–H and O–H groups in total. The molecule has 1 aromatic carbocycles. The molecule has 5 nitrogen and oxygen atoms in total. The number of Topliss-reactive ketones (excluding diaryl/α,β-unsaturated/α-hetero) is 1. The summed E-state index contributed by atoms with van der Waals surface area (Å²) in [7, 11) is 0. The van der Waals surface area contributed by atoms with Crippen molar-refractivity contribution in [3.8, 4) is 6.07 Å². The van der Waals surface area contributed by atoms with E-state index in [-0.39, 0.29) is 11.2 Å². The second-order valence-electron chi connectivity index (χ2n) is 9.05. The van der Waals surface area contributed by atoms with E-state index in [1.54, 1.807) is 12.4 Å². The molecule has 30 heavy (non-hydrogen) atoms. The molecule has 0 fully saturated rings. The number of aryl methyl sites for hydroxylation is 2. The number of anilines is 1. The first-order chi connectivity index (χ1) is 14.2. The Hall–Kier alpha value is -3.39. The number of carbonyl (C=O) groups is 1. The molecule has 1 aromatic heterocycles. The number of benzene rings is 1. The molecule has 2 aromatic rings. The minimum atomic E-state index is -0.443. The van der Waals surface area contributed by atoms with Gasteiger partial charge in [0.15, 0.2) is 5.78 Å². The number of ketones is 1. The number of nitrogens with zero attached hydrogens (tertiary/aromatic N) is 3. The number of nitrogens with two attached hydrogens (primary N) is 1. The first-order valence-corrected chi connectivity index (χ1v) is 10.2. The standard InChI is InChI=1S/C25H26N4O/c1-15-7-8-16(2)18(10-15)22-19(13-26)24(27)29(17-6-5-9-28-14-17)20-11-25(3,4)12-21(30)23(20)22/h5-10,14,22H,11-12,27H2,1-4H3/t22-/m1/s1. The fourth-order valence-electron chi connectivity index (χ4n) is 4.67. The number of pyridine rings is 1. The molecule has 2 heterocycles. The van der Waals surface area contributed by atoms with Crippen LogP contribution >= 0.6 is 0 Å². The number of aromatic nitrogens is 1. The smallest absolute Gasteiger partial charge is 0.162 e. The fraction of sp³-hybridized carbons (Fsp3) is 0.320. The van der Waals surface area contributed by atoms with Gasteiger partial charge in [0.05, 0.1) is 29.4 Å². The van der Waals surface area contributed by atoms with Crippen LogP contribution in [-0.4, -0.2) is 10.8 Å². The molecule has 0 spiro atoms. The summed E-state index contributed by atoms with van der Waals surface area (Å²) in [5, 5.41) is 10.1. The van der Waals surface area contributed by atoms with E-state index in [0.717, 1.165) is 28.1 Å². The normalized spacial score (nSPS) is 20.8. The maximum Gasteiger partial charge on any atom is 0.162 e. The Labute approximate surface area is 177 Å². The Morgan fingerprint density at radius 2 is 2.00 bits per heavy atom. The lowest BCUT2D eigenvalue weighted by Crippen LogP contribution is -2.42. The lowest BCUT2D eigenvalue weighted by molar-refractivity contribution is -0.118. The first-order valence-electron chi connectivity index (χ1n) is 10.2. The third-order valence-corrected chi connectivity index (χ3v) is 6.03. The molecular formula is C25H26N4O. The van der Waals surface area contributed by atoms with Gasteiger partial charge in [-0.1, -0.05) is 37.6 Å². The third kappa shape index (κ3) is 3.19. The van der Waals surface area contributed by atoms with Crippen LogP contribution in [0.5, 0.6) is 0 Å². The van der Waals surface area contributed by atoms with Gasteiger partial charge in [0.1, 0.15) is 5.82 Å². The molecule has 0 radical (unpaired) electrons. The van der Waals surface area contributed by atoms with E-state index in [2.05, 4.69) is 31.0 Å². The van der Waals surface area contributed by atoms with Crippen LogP contribution in [0.3, 0.4) is 0 Å². The van der Waals surface area contributed by atoms with Gasteiger partial charge in [-0.15, -0.1) is 0 Å². The monoisotopic (exact) mass is 398 g/mol. The van der Waals surface area contributed by atoms with E-state index >= 15 is 0 Å². The molecule has 1 atom stereocenters. The maximum absolute atomic E-state index is 13.5. The van der Waals surface area contributed by atoms with Gasteiger partial charge in [-0.25, -0.2) is 0 Å². The lowest BCUT2D eigenvalue weighted by atomic mass is 9.68. The summed E-state index contributed by atoms with van der Waals surface area (Å²) in [4.78, 5) is 19.6. The predicted octanol–water partition coefficient (Wildman–Crippen LogP) is 4.64. The van der Waals surface area contributed by atoms with Crippen LogP contribution in [0.2, 0.25) is 0 Å². The van der Waals surface area contributed by atoms with Crippen molar-refractivity contribution in [1.82, 2.24) is 4.98 Å². The minimum absolute atomic E-state index is 0.0845. The van der Waals surface area contributed by atoms with E-state index in [1.807, 2.05) is 43.0 Å². The molecule has 1 aliphatic carbocycles. The summed E-state index contributed by atoms with van der Waals surface area (Å²) in [5.74, 6) is 0.0170. The van der Waals surface area contributed by atoms with Gasteiger partial charge < -0.3 is 5.73 Å². The van der Waals surface area contributed by atoms with Crippen molar-refractivity contribution in [2.24, 2.45) is 11.1 Å². The SMILES string of the molecule is Cc1ccc(C)c([C@@H]2C(C#N)=C(N)N(c3cccnc3)C3=C2C(=O)CC(C)(C)C3)c1. The van der Waals surface area contributed by atoms with Gasteiger partial charge in [-0.05, 0) is 48.9 Å². The van der Waals surface area contributed by atoms with Crippen molar-refractivity contribution in [3.05, 3.63) is 82.1 Å². The van der Waals surface area contributed by atoms with Gasteiger partial charge in [-0.2, -0.15) is 5.26 Å². The molecule has 0 unspecified atom stereocenters. The quantitative estimate of drug-likeness (QED) is 0.797. The molecule has 5 heteroatoms. The summed E-state index contributed by atoms with van der Waals surface area (Å²) in [6.45, 7) is 8.24. The lowest BCUT2D eigenvalue weighted by Gasteiger charge is -2.43. The molecule has 4 rings (SSSR count). The van der Waals surface area contributed by atoms with E-state index in [1.165, 1.54) is 0 Å². The van der Waals surface area contributed by atoms with Crippen molar-refractivity contribution in [3.63, 3.8) is 0 Å². The highest BCUT2D eigenvalue weighted by Crippen LogP contribution is 2.50. The highest BCUT2D eigenvalue weighted by molar-refractivity contribution is 6.01. The van der Waals surface area contributed by atoms with Gasteiger partial charge in [0.25, 0.3) is 0 Å². The predicted molar refractivity (Wildman–Crippen MR) is 117 cm³/mol. The second kappa shape index (κ2) is 7.14. The van der Waals surface area contributed by atoms with Gasteiger partial charge in [0, 0.05) is 23.9 Å². The van der Waals surface area contributed by atoms with Crippen LogP contribution < -0.4 is 10.6 Å². The van der Waals surface area contributed by atoms with Crippen molar-refractivity contribution in [1.29, 1.82) is 5.26 Å². The van der Waals surface area contributed by atoms with Crippen molar-refractivity contribution >= 4 is 11.5 Å². The summed E-state index contributed by atoms with van der Waals surface area (Å²) in [6, 6.07) is 12.2. The van der Waals surface area contributed by atoms with Crippen molar-refractivity contribution in [2.45, 2.75) is 46.5 Å². The molecule has 2 aliphatic rings. The van der Waals surface area contributed by atoms with Crippen LogP contribution in [0.25, 0.3) is 0 Å². The molecule has 152 valence electrons. The number of allylic oxidation sites excluding steroid dienone is 3. The summed E-state index contributed by atoms with van der Waals surface area (Å²) < 4.78 is 0. The highest BCUT2D eigenvalue weighted by Gasteiger charge is 2.45. The van der Waals surface area contributed by atoms with Crippen LogP contribution in [0.1, 0.15) is 49.3 Å². The Morgan fingerprint density at radius 3 is 2.67 bits per heavy atom. The third-order valence-electron chi connectivity index (χ3n) is 6.03. The van der Waals surface area contributed by atoms with Crippen LogP contribution in [0.15, 0.2) is 65.4 Å².